The molecule has 0 aromatic heterocycles. The first kappa shape index (κ1) is 16.9. The fraction of sp³-hybridized carbons (Fsp3) is 0.500. The number of nitrogens with zero attached hydrogens (tertiary/aromatic N) is 1. The lowest BCUT2D eigenvalue weighted by Gasteiger charge is -2.21. The summed E-state index contributed by atoms with van der Waals surface area (Å²) in [6.07, 6.45) is 2.20. The summed E-state index contributed by atoms with van der Waals surface area (Å²) >= 11 is 0. The van der Waals surface area contributed by atoms with Gasteiger partial charge in [0.2, 0.25) is 10.0 Å². The lowest BCUT2D eigenvalue weighted by molar-refractivity contribution is -0.143. The Morgan fingerprint density at radius 3 is 2.38 bits per heavy atom. The van der Waals surface area contributed by atoms with Crippen molar-refractivity contribution in [2.24, 2.45) is 0 Å². The first-order chi connectivity index (χ1) is 11.3. The molecule has 1 aliphatic carbocycles. The van der Waals surface area contributed by atoms with E-state index in [9.17, 15) is 23.1 Å². The van der Waals surface area contributed by atoms with Gasteiger partial charge in [0.1, 0.15) is 6.04 Å². The minimum Gasteiger partial charge on any atom is -0.480 e. The van der Waals surface area contributed by atoms with Crippen LogP contribution in [-0.2, 0) is 29.8 Å². The van der Waals surface area contributed by atoms with Crippen molar-refractivity contribution >= 4 is 22.0 Å². The second-order valence-corrected chi connectivity index (χ2v) is 8.10. The Morgan fingerprint density at radius 1 is 1.25 bits per heavy atom. The Morgan fingerprint density at radius 2 is 1.88 bits per heavy atom. The maximum atomic E-state index is 12.7. The van der Waals surface area contributed by atoms with Crippen molar-refractivity contribution in [1.82, 2.24) is 4.31 Å². The molecule has 0 bridgehead atoms. The Kier molecular flexibility index (Phi) is 4.13. The average molecular weight is 353 g/mol. The van der Waals surface area contributed by atoms with Gasteiger partial charge in [0.05, 0.1) is 17.4 Å². The molecule has 8 heteroatoms. The normalized spacial score (nSPS) is 23.0. The second kappa shape index (κ2) is 5.86. The van der Waals surface area contributed by atoms with Gasteiger partial charge in [-0.25, -0.2) is 8.42 Å². The third kappa shape index (κ3) is 2.59. The van der Waals surface area contributed by atoms with Crippen molar-refractivity contribution in [2.45, 2.75) is 42.0 Å². The molecule has 7 nitrogen and oxygen atoms in total. The summed E-state index contributed by atoms with van der Waals surface area (Å²) in [6.45, 7) is 0.202. The molecule has 1 saturated carbocycles. The van der Waals surface area contributed by atoms with Gasteiger partial charge in [-0.1, -0.05) is 12.1 Å². The van der Waals surface area contributed by atoms with Crippen molar-refractivity contribution < 1.29 is 27.9 Å². The molecule has 2 fully saturated rings. The molecule has 1 N–H and O–H groups in total. The number of rotatable bonds is 5. The van der Waals surface area contributed by atoms with Gasteiger partial charge in [0.25, 0.3) is 0 Å². The van der Waals surface area contributed by atoms with Crippen molar-refractivity contribution in [2.75, 3.05) is 13.7 Å². The second-order valence-electron chi connectivity index (χ2n) is 6.21. The zero-order chi connectivity index (χ0) is 17.5. The highest BCUT2D eigenvalue weighted by Gasteiger charge is 2.52. The van der Waals surface area contributed by atoms with Crippen LogP contribution in [-0.4, -0.2) is 49.5 Å². The van der Waals surface area contributed by atoms with E-state index in [4.69, 9.17) is 4.74 Å². The summed E-state index contributed by atoms with van der Waals surface area (Å²) in [7, 11) is -2.53. The molecule has 24 heavy (non-hydrogen) atoms. The molecule has 1 atom stereocenters. The van der Waals surface area contributed by atoms with E-state index in [2.05, 4.69) is 0 Å². The van der Waals surface area contributed by atoms with E-state index in [0.29, 0.717) is 25.7 Å². The van der Waals surface area contributed by atoms with E-state index >= 15 is 0 Å². The number of carboxylic acid groups (broad SMARTS) is 1. The topological polar surface area (TPSA) is 101 Å². The largest absolute Gasteiger partial charge is 0.480 e. The van der Waals surface area contributed by atoms with Gasteiger partial charge in [0, 0.05) is 6.54 Å². The van der Waals surface area contributed by atoms with Crippen LogP contribution in [0.5, 0.6) is 0 Å². The summed E-state index contributed by atoms with van der Waals surface area (Å²) in [5.41, 5.74) is 0.0679. The Labute approximate surface area is 140 Å². The number of hydrogen-bond acceptors (Lipinski definition) is 5. The van der Waals surface area contributed by atoms with Crippen LogP contribution < -0.4 is 0 Å². The van der Waals surface area contributed by atoms with Crippen LogP contribution in [0.15, 0.2) is 29.2 Å². The van der Waals surface area contributed by atoms with Crippen LogP contribution in [0, 0.1) is 0 Å². The smallest absolute Gasteiger partial charge is 0.322 e. The number of carboxylic acids is 1. The molecular formula is C16H19NO6S. The zero-order valence-electron chi connectivity index (χ0n) is 13.3. The van der Waals surface area contributed by atoms with E-state index in [-0.39, 0.29) is 17.4 Å². The van der Waals surface area contributed by atoms with Crippen LogP contribution in [0.4, 0.5) is 0 Å². The Balaban J connectivity index is 1.88. The molecule has 1 heterocycles. The van der Waals surface area contributed by atoms with Crippen molar-refractivity contribution in [3.05, 3.63) is 29.8 Å². The van der Waals surface area contributed by atoms with Crippen LogP contribution in [0.25, 0.3) is 0 Å². The number of ether oxygens (including phenoxy) is 1. The molecule has 1 aliphatic heterocycles. The van der Waals surface area contributed by atoms with Crippen LogP contribution in [0.3, 0.4) is 0 Å². The molecular weight excluding hydrogens is 334 g/mol. The number of carbonyl (C=O) groups is 2. The van der Waals surface area contributed by atoms with Gasteiger partial charge in [0.15, 0.2) is 0 Å². The van der Waals surface area contributed by atoms with Gasteiger partial charge in [-0.2, -0.15) is 4.31 Å². The predicted octanol–water partition coefficient (Wildman–Crippen LogP) is 1.13. The summed E-state index contributed by atoms with van der Waals surface area (Å²) < 4.78 is 31.2. The minimum absolute atomic E-state index is 0.0417. The predicted molar refractivity (Wildman–Crippen MR) is 83.9 cm³/mol. The summed E-state index contributed by atoms with van der Waals surface area (Å²) in [5.74, 6) is -1.45. The van der Waals surface area contributed by atoms with Gasteiger partial charge in [-0.05, 0) is 43.4 Å². The highest BCUT2D eigenvalue weighted by Crippen LogP contribution is 2.49. The third-order valence-corrected chi connectivity index (χ3v) is 6.75. The standard InChI is InChI=1S/C16H19NO6S/c1-23-15(20)16(8-9-16)11-4-6-12(7-5-11)24(21,22)17-10-2-3-13(17)14(18)19/h4-7,13H,2-3,8-10H2,1H3,(H,18,19)/t13-/m0/s1. The lowest BCUT2D eigenvalue weighted by Crippen LogP contribution is -2.40. The molecule has 3 rings (SSSR count). The summed E-state index contributed by atoms with van der Waals surface area (Å²) in [5, 5.41) is 9.18. The molecule has 1 aromatic rings. The van der Waals surface area contributed by atoms with Gasteiger partial charge in [-0.15, -0.1) is 0 Å². The van der Waals surface area contributed by atoms with E-state index in [1.807, 2.05) is 0 Å². The molecule has 0 amide bonds. The van der Waals surface area contributed by atoms with E-state index in [1.165, 1.54) is 19.2 Å². The molecule has 130 valence electrons. The number of hydrogen-bond donors (Lipinski definition) is 1. The van der Waals surface area contributed by atoms with Gasteiger partial charge in [-0.3, -0.25) is 9.59 Å². The molecule has 0 unspecified atom stereocenters. The van der Waals surface area contributed by atoms with Gasteiger partial charge >= 0.3 is 11.9 Å². The number of benzene rings is 1. The van der Waals surface area contributed by atoms with E-state index in [0.717, 1.165) is 9.87 Å². The Bertz CT molecular complexity index is 766. The number of sulfonamides is 1. The molecule has 0 radical (unpaired) electrons. The number of aliphatic carboxylic acids is 1. The SMILES string of the molecule is COC(=O)C1(c2ccc(S(=O)(=O)N3CCC[C@H]3C(=O)O)cc2)CC1. The van der Waals surface area contributed by atoms with Crippen molar-refractivity contribution in [3.63, 3.8) is 0 Å². The number of methoxy groups -OCH3 is 1. The van der Waals surface area contributed by atoms with Crippen LogP contribution in [0.2, 0.25) is 0 Å². The van der Waals surface area contributed by atoms with Crippen LogP contribution in [0.1, 0.15) is 31.2 Å². The highest BCUT2D eigenvalue weighted by atomic mass is 32.2. The maximum absolute atomic E-state index is 12.7. The molecule has 2 aliphatic rings. The first-order valence-corrected chi connectivity index (χ1v) is 9.20. The zero-order valence-corrected chi connectivity index (χ0v) is 14.1. The number of esters is 1. The fourth-order valence-corrected chi connectivity index (χ4v) is 4.94. The van der Waals surface area contributed by atoms with E-state index < -0.39 is 27.4 Å². The summed E-state index contributed by atoms with van der Waals surface area (Å²) in [6, 6.07) is 5.08. The monoisotopic (exact) mass is 353 g/mol. The highest BCUT2D eigenvalue weighted by molar-refractivity contribution is 7.89. The first-order valence-electron chi connectivity index (χ1n) is 7.76. The van der Waals surface area contributed by atoms with Crippen molar-refractivity contribution in [1.29, 1.82) is 0 Å². The van der Waals surface area contributed by atoms with E-state index in [1.54, 1.807) is 12.1 Å². The van der Waals surface area contributed by atoms with Gasteiger partial charge < -0.3 is 9.84 Å². The molecule has 0 spiro atoms. The fourth-order valence-electron chi connectivity index (χ4n) is 3.29. The summed E-state index contributed by atoms with van der Waals surface area (Å²) in [4.78, 5) is 23.2. The molecule has 1 saturated heterocycles. The maximum Gasteiger partial charge on any atom is 0.322 e. The Hall–Kier alpha value is -1.93. The van der Waals surface area contributed by atoms with Crippen molar-refractivity contribution in [3.8, 4) is 0 Å². The third-order valence-electron chi connectivity index (χ3n) is 4.83. The number of carbonyl (C=O) groups excluding carboxylic acids is 1. The average Bonchev–Trinajstić information content (AvgIpc) is 3.22. The lowest BCUT2D eigenvalue weighted by atomic mass is 9.96. The quantitative estimate of drug-likeness (QED) is 0.796. The minimum atomic E-state index is -3.86. The van der Waals surface area contributed by atoms with Crippen LogP contribution >= 0.6 is 0 Å². The molecule has 1 aromatic carbocycles.